The normalized spacial score (nSPS) is 11.5. The maximum atomic E-state index is 12.7. The van der Waals surface area contributed by atoms with Gasteiger partial charge in [-0.25, -0.2) is 13.2 Å². The standard InChI is InChI=1S/C26H26N4O5S/c1-17(2)18-7-13-21(14-8-18)36(34,35)29-20-11-9-19(10-12-20)27-24(31)15-16-30-23-6-4-3-5-22(23)25(32)28-26(30)33/h3-14,17,29H,15-16H2,1-2H3,(H,27,31)(H,28,32,33). The van der Waals surface area contributed by atoms with Crippen LogP contribution in [0.2, 0.25) is 0 Å². The van der Waals surface area contributed by atoms with Crippen molar-refractivity contribution < 1.29 is 13.2 Å². The van der Waals surface area contributed by atoms with Crippen molar-refractivity contribution in [2.24, 2.45) is 0 Å². The van der Waals surface area contributed by atoms with E-state index in [9.17, 15) is 22.8 Å². The van der Waals surface area contributed by atoms with Crippen LogP contribution in [-0.4, -0.2) is 23.9 Å². The molecule has 3 N–H and O–H groups in total. The Morgan fingerprint density at radius 3 is 2.22 bits per heavy atom. The lowest BCUT2D eigenvalue weighted by atomic mass is 10.0. The first-order chi connectivity index (χ1) is 17.1. The van der Waals surface area contributed by atoms with Crippen LogP contribution < -0.4 is 21.3 Å². The predicted molar refractivity (Wildman–Crippen MR) is 140 cm³/mol. The lowest BCUT2D eigenvalue weighted by Gasteiger charge is -2.12. The van der Waals surface area contributed by atoms with Crippen molar-refractivity contribution in [2.45, 2.75) is 37.6 Å². The summed E-state index contributed by atoms with van der Waals surface area (Å²) in [6.45, 7) is 4.15. The van der Waals surface area contributed by atoms with Crippen LogP contribution in [0, 0.1) is 0 Å². The first-order valence-corrected chi connectivity index (χ1v) is 12.9. The van der Waals surface area contributed by atoms with E-state index in [1.807, 2.05) is 13.8 Å². The Morgan fingerprint density at radius 1 is 0.917 bits per heavy atom. The van der Waals surface area contributed by atoms with Crippen molar-refractivity contribution in [2.75, 3.05) is 10.0 Å². The van der Waals surface area contributed by atoms with Crippen LogP contribution in [0.25, 0.3) is 10.9 Å². The van der Waals surface area contributed by atoms with Gasteiger partial charge in [0.1, 0.15) is 0 Å². The van der Waals surface area contributed by atoms with Gasteiger partial charge in [-0.1, -0.05) is 38.1 Å². The SMILES string of the molecule is CC(C)c1ccc(S(=O)(=O)Nc2ccc(NC(=O)CCn3c(=O)[nH]c(=O)c4ccccc43)cc2)cc1. The quantitative estimate of drug-likeness (QED) is 0.336. The van der Waals surface area contributed by atoms with Crippen molar-refractivity contribution in [3.8, 4) is 0 Å². The summed E-state index contributed by atoms with van der Waals surface area (Å²) in [5.74, 6) is -0.0368. The molecule has 0 fully saturated rings. The summed E-state index contributed by atoms with van der Waals surface area (Å²) in [4.78, 5) is 39.1. The highest BCUT2D eigenvalue weighted by Crippen LogP contribution is 2.21. The first kappa shape index (κ1) is 24.9. The van der Waals surface area contributed by atoms with Crippen molar-refractivity contribution in [3.63, 3.8) is 0 Å². The fourth-order valence-corrected chi connectivity index (χ4v) is 4.83. The minimum absolute atomic E-state index is 0.00328. The van der Waals surface area contributed by atoms with E-state index in [0.717, 1.165) is 5.56 Å². The molecule has 9 nitrogen and oxygen atoms in total. The van der Waals surface area contributed by atoms with Gasteiger partial charge in [0.15, 0.2) is 0 Å². The van der Waals surface area contributed by atoms with Crippen LogP contribution in [0.1, 0.15) is 31.7 Å². The molecule has 1 heterocycles. The Labute approximate surface area is 207 Å². The Hall–Kier alpha value is -4.18. The average Bonchev–Trinajstić information content (AvgIpc) is 2.85. The Bertz CT molecular complexity index is 1620. The van der Waals surface area contributed by atoms with E-state index in [1.165, 1.54) is 4.57 Å². The second kappa shape index (κ2) is 10.2. The predicted octanol–water partition coefficient (Wildman–Crippen LogP) is 3.64. The maximum absolute atomic E-state index is 12.7. The van der Waals surface area contributed by atoms with Gasteiger partial charge in [0.05, 0.1) is 15.8 Å². The third-order valence-corrected chi connectivity index (χ3v) is 7.14. The van der Waals surface area contributed by atoms with Gasteiger partial charge in [-0.2, -0.15) is 0 Å². The number of para-hydroxylation sites is 1. The number of carbonyl (C=O) groups is 1. The number of hydrogen-bond donors (Lipinski definition) is 3. The highest BCUT2D eigenvalue weighted by atomic mass is 32.2. The molecule has 3 aromatic carbocycles. The third kappa shape index (κ3) is 5.55. The summed E-state index contributed by atoms with van der Waals surface area (Å²) in [6.07, 6.45) is -0.00328. The van der Waals surface area contributed by atoms with E-state index in [2.05, 4.69) is 15.0 Å². The van der Waals surface area contributed by atoms with E-state index < -0.39 is 21.3 Å². The summed E-state index contributed by atoms with van der Waals surface area (Å²) < 4.78 is 29.2. The number of rotatable bonds is 8. The molecule has 4 rings (SSSR count). The number of nitrogens with zero attached hydrogens (tertiary/aromatic N) is 1. The zero-order valence-corrected chi connectivity index (χ0v) is 20.6. The summed E-state index contributed by atoms with van der Waals surface area (Å²) in [6, 6.07) is 19.7. The van der Waals surface area contributed by atoms with Crippen molar-refractivity contribution in [1.29, 1.82) is 0 Å². The van der Waals surface area contributed by atoms with Gasteiger partial charge in [0, 0.05) is 24.3 Å². The summed E-state index contributed by atoms with van der Waals surface area (Å²) in [7, 11) is -3.75. The second-order valence-corrected chi connectivity index (χ2v) is 10.3. The van der Waals surface area contributed by atoms with Gasteiger partial charge in [-0.15, -0.1) is 0 Å². The molecular formula is C26H26N4O5S. The van der Waals surface area contributed by atoms with E-state index in [0.29, 0.717) is 28.2 Å². The number of aromatic nitrogens is 2. The smallest absolute Gasteiger partial charge is 0.326 e. The lowest BCUT2D eigenvalue weighted by Crippen LogP contribution is -2.31. The molecule has 1 aromatic heterocycles. The molecule has 0 spiro atoms. The molecule has 0 aliphatic heterocycles. The van der Waals surface area contributed by atoms with Crippen molar-refractivity contribution >= 4 is 38.2 Å². The molecule has 0 aliphatic rings. The number of fused-ring (bicyclic) bond motifs is 1. The number of nitrogens with one attached hydrogen (secondary N) is 3. The van der Waals surface area contributed by atoms with Gasteiger partial charge < -0.3 is 5.32 Å². The number of amides is 1. The topological polar surface area (TPSA) is 130 Å². The van der Waals surface area contributed by atoms with E-state index in [1.54, 1.807) is 72.8 Å². The number of aryl methyl sites for hydroxylation is 1. The number of aromatic amines is 1. The molecule has 0 unspecified atom stereocenters. The van der Waals surface area contributed by atoms with Gasteiger partial charge >= 0.3 is 5.69 Å². The average molecular weight is 507 g/mol. The zero-order chi connectivity index (χ0) is 25.9. The van der Waals surface area contributed by atoms with Gasteiger partial charge in [-0.3, -0.25) is 23.9 Å². The largest absolute Gasteiger partial charge is 0.328 e. The molecule has 0 saturated carbocycles. The molecule has 0 radical (unpaired) electrons. The Balaban J connectivity index is 1.39. The van der Waals surface area contributed by atoms with E-state index in [-0.39, 0.29) is 23.8 Å². The fraction of sp³-hybridized carbons (Fsp3) is 0.192. The van der Waals surface area contributed by atoms with Crippen molar-refractivity contribution in [3.05, 3.63) is 99.2 Å². The first-order valence-electron chi connectivity index (χ1n) is 11.4. The highest BCUT2D eigenvalue weighted by Gasteiger charge is 2.15. The number of anilines is 2. The number of carbonyl (C=O) groups excluding carboxylic acids is 1. The third-order valence-electron chi connectivity index (χ3n) is 5.75. The lowest BCUT2D eigenvalue weighted by molar-refractivity contribution is -0.116. The van der Waals surface area contributed by atoms with Crippen LogP contribution in [-0.2, 0) is 21.4 Å². The van der Waals surface area contributed by atoms with Gasteiger partial charge in [-0.05, 0) is 60.0 Å². The number of benzene rings is 3. The number of sulfonamides is 1. The molecule has 186 valence electrons. The number of hydrogen-bond acceptors (Lipinski definition) is 5. The molecule has 0 bridgehead atoms. The van der Waals surface area contributed by atoms with E-state index >= 15 is 0 Å². The minimum Gasteiger partial charge on any atom is -0.326 e. The molecule has 0 saturated heterocycles. The zero-order valence-electron chi connectivity index (χ0n) is 19.8. The molecule has 10 heteroatoms. The highest BCUT2D eigenvalue weighted by molar-refractivity contribution is 7.92. The minimum atomic E-state index is -3.75. The monoisotopic (exact) mass is 506 g/mol. The summed E-state index contributed by atoms with van der Waals surface area (Å²) >= 11 is 0. The Morgan fingerprint density at radius 2 is 1.56 bits per heavy atom. The van der Waals surface area contributed by atoms with Crippen LogP contribution in [0.3, 0.4) is 0 Å². The van der Waals surface area contributed by atoms with Crippen molar-refractivity contribution in [1.82, 2.24) is 9.55 Å². The molecule has 0 aliphatic carbocycles. The number of H-pyrrole nitrogens is 1. The summed E-state index contributed by atoms with van der Waals surface area (Å²) in [5, 5.41) is 3.09. The molecule has 0 atom stereocenters. The van der Waals surface area contributed by atoms with Crippen LogP contribution in [0.4, 0.5) is 11.4 Å². The maximum Gasteiger partial charge on any atom is 0.328 e. The van der Waals surface area contributed by atoms with Crippen LogP contribution in [0.5, 0.6) is 0 Å². The molecule has 4 aromatic rings. The Kier molecular flexibility index (Phi) is 7.07. The van der Waals surface area contributed by atoms with Gasteiger partial charge in [0.25, 0.3) is 15.6 Å². The fourth-order valence-electron chi connectivity index (χ4n) is 3.77. The summed E-state index contributed by atoms with van der Waals surface area (Å²) in [5.41, 5.74) is 1.28. The van der Waals surface area contributed by atoms with Crippen LogP contribution >= 0.6 is 0 Å². The van der Waals surface area contributed by atoms with Crippen LogP contribution in [0.15, 0.2) is 87.3 Å². The van der Waals surface area contributed by atoms with Gasteiger partial charge in [0.2, 0.25) is 5.91 Å². The molecule has 36 heavy (non-hydrogen) atoms. The molecular weight excluding hydrogens is 480 g/mol. The van der Waals surface area contributed by atoms with E-state index in [4.69, 9.17) is 0 Å². The second-order valence-electron chi connectivity index (χ2n) is 8.63. The molecule has 1 amide bonds.